The third-order valence-corrected chi connectivity index (χ3v) is 1.44. The van der Waals surface area contributed by atoms with Crippen LogP contribution < -0.4 is 11.3 Å². The minimum atomic E-state index is 0.549. The molecular formula is C8H9N3. The number of anilines is 1. The lowest BCUT2D eigenvalue weighted by atomic mass is 10.1. The molecule has 0 aliphatic carbocycles. The van der Waals surface area contributed by atoms with Gasteiger partial charge in [-0.15, -0.1) is 6.42 Å². The van der Waals surface area contributed by atoms with E-state index in [2.05, 4.69) is 16.3 Å². The number of pyridine rings is 1. The van der Waals surface area contributed by atoms with Gasteiger partial charge in [0.2, 0.25) is 0 Å². The number of rotatable bonds is 1. The van der Waals surface area contributed by atoms with Crippen LogP contribution in [0.5, 0.6) is 0 Å². The lowest BCUT2D eigenvalue weighted by molar-refractivity contribution is 1.20. The van der Waals surface area contributed by atoms with Crippen molar-refractivity contribution in [2.45, 2.75) is 6.92 Å². The SMILES string of the molecule is C#Cc1c(C)ccnc1NN. The average Bonchev–Trinajstić information content (AvgIpc) is 2.04. The van der Waals surface area contributed by atoms with Crippen molar-refractivity contribution in [3.05, 3.63) is 23.4 Å². The van der Waals surface area contributed by atoms with Gasteiger partial charge in [0.25, 0.3) is 0 Å². The second kappa shape index (κ2) is 3.04. The van der Waals surface area contributed by atoms with Crippen LogP contribution in [0, 0.1) is 19.3 Å². The van der Waals surface area contributed by atoms with Crippen LogP contribution in [0.1, 0.15) is 11.1 Å². The minimum Gasteiger partial charge on any atom is -0.307 e. The highest BCUT2D eigenvalue weighted by atomic mass is 15.2. The molecule has 3 N–H and O–H groups in total. The Morgan fingerprint density at radius 1 is 1.73 bits per heavy atom. The Hall–Kier alpha value is -1.53. The molecule has 1 aromatic heterocycles. The van der Waals surface area contributed by atoms with Crippen molar-refractivity contribution in [2.24, 2.45) is 5.84 Å². The summed E-state index contributed by atoms with van der Waals surface area (Å²) in [5, 5.41) is 0. The number of nitrogens with zero attached hydrogens (tertiary/aromatic N) is 1. The minimum absolute atomic E-state index is 0.549. The molecule has 3 nitrogen and oxygen atoms in total. The predicted molar refractivity (Wildman–Crippen MR) is 44.7 cm³/mol. The molecule has 0 fully saturated rings. The third-order valence-electron chi connectivity index (χ3n) is 1.44. The van der Waals surface area contributed by atoms with E-state index >= 15 is 0 Å². The molecule has 0 spiro atoms. The van der Waals surface area contributed by atoms with E-state index in [0.29, 0.717) is 5.82 Å². The lowest BCUT2D eigenvalue weighted by Gasteiger charge is -2.03. The Kier molecular flexibility index (Phi) is 2.09. The number of hydrazine groups is 1. The Morgan fingerprint density at radius 2 is 2.45 bits per heavy atom. The molecular weight excluding hydrogens is 138 g/mol. The fourth-order valence-electron chi connectivity index (χ4n) is 0.850. The standard InChI is InChI=1S/C8H9N3/c1-3-7-6(2)4-5-10-8(7)11-9/h1,4-5H,9H2,2H3,(H,10,11). The van der Waals surface area contributed by atoms with Gasteiger partial charge in [-0.3, -0.25) is 0 Å². The van der Waals surface area contributed by atoms with Gasteiger partial charge in [-0.25, -0.2) is 10.8 Å². The quantitative estimate of drug-likeness (QED) is 0.348. The largest absolute Gasteiger partial charge is 0.307 e. The molecule has 0 atom stereocenters. The summed E-state index contributed by atoms with van der Waals surface area (Å²) in [6.07, 6.45) is 6.90. The van der Waals surface area contributed by atoms with Crippen LogP contribution in [0.15, 0.2) is 12.3 Å². The van der Waals surface area contributed by atoms with Gasteiger partial charge in [-0.2, -0.15) is 0 Å². The molecule has 0 saturated carbocycles. The molecule has 1 rings (SSSR count). The number of nitrogens with two attached hydrogens (primary N) is 1. The monoisotopic (exact) mass is 147 g/mol. The summed E-state index contributed by atoms with van der Waals surface area (Å²) < 4.78 is 0. The molecule has 0 aliphatic heterocycles. The lowest BCUT2D eigenvalue weighted by Crippen LogP contribution is -2.10. The van der Waals surface area contributed by atoms with Crippen molar-refractivity contribution in [2.75, 3.05) is 5.43 Å². The van der Waals surface area contributed by atoms with Gasteiger partial charge in [0.1, 0.15) is 0 Å². The van der Waals surface area contributed by atoms with E-state index in [-0.39, 0.29) is 0 Å². The summed E-state index contributed by atoms with van der Waals surface area (Å²) in [4.78, 5) is 3.95. The van der Waals surface area contributed by atoms with Crippen molar-refractivity contribution in [1.82, 2.24) is 4.98 Å². The molecule has 56 valence electrons. The number of aryl methyl sites for hydroxylation is 1. The topological polar surface area (TPSA) is 50.9 Å². The van der Waals surface area contributed by atoms with E-state index in [9.17, 15) is 0 Å². The molecule has 0 amide bonds. The van der Waals surface area contributed by atoms with Crippen LogP contribution >= 0.6 is 0 Å². The van der Waals surface area contributed by atoms with E-state index in [1.54, 1.807) is 6.20 Å². The highest BCUT2D eigenvalue weighted by Gasteiger charge is 2.00. The summed E-state index contributed by atoms with van der Waals surface area (Å²) >= 11 is 0. The van der Waals surface area contributed by atoms with Crippen molar-refractivity contribution < 1.29 is 0 Å². The molecule has 0 saturated heterocycles. The van der Waals surface area contributed by atoms with Crippen LogP contribution in [-0.4, -0.2) is 4.98 Å². The van der Waals surface area contributed by atoms with Gasteiger partial charge < -0.3 is 5.43 Å². The van der Waals surface area contributed by atoms with Crippen LogP contribution in [0.4, 0.5) is 5.82 Å². The number of terminal acetylenes is 1. The first-order valence-corrected chi connectivity index (χ1v) is 3.18. The summed E-state index contributed by atoms with van der Waals surface area (Å²) in [5.41, 5.74) is 4.15. The average molecular weight is 147 g/mol. The van der Waals surface area contributed by atoms with E-state index in [0.717, 1.165) is 11.1 Å². The molecule has 0 aromatic carbocycles. The predicted octanol–water partition coefficient (Wildman–Crippen LogP) is 0.657. The summed E-state index contributed by atoms with van der Waals surface area (Å²) in [6, 6.07) is 1.84. The number of aromatic nitrogens is 1. The highest BCUT2D eigenvalue weighted by Crippen LogP contribution is 2.12. The second-order valence-electron chi connectivity index (χ2n) is 2.14. The normalized spacial score (nSPS) is 8.82. The molecule has 0 unspecified atom stereocenters. The van der Waals surface area contributed by atoms with Gasteiger partial charge in [-0.05, 0) is 18.6 Å². The zero-order valence-electron chi connectivity index (χ0n) is 6.26. The zero-order valence-corrected chi connectivity index (χ0v) is 6.26. The fraction of sp³-hybridized carbons (Fsp3) is 0.125. The maximum Gasteiger partial charge on any atom is 0.156 e. The molecule has 3 heteroatoms. The Morgan fingerprint density at radius 3 is 2.91 bits per heavy atom. The van der Waals surface area contributed by atoms with E-state index in [4.69, 9.17) is 12.3 Å². The molecule has 1 aromatic rings. The van der Waals surface area contributed by atoms with Crippen LogP contribution in [-0.2, 0) is 0 Å². The van der Waals surface area contributed by atoms with Gasteiger partial charge in [0.05, 0.1) is 5.56 Å². The molecule has 11 heavy (non-hydrogen) atoms. The van der Waals surface area contributed by atoms with Gasteiger partial charge in [0.15, 0.2) is 5.82 Å². The molecule has 1 heterocycles. The third kappa shape index (κ3) is 1.31. The molecule has 0 bridgehead atoms. The number of nitrogen functional groups attached to an aromatic ring is 1. The van der Waals surface area contributed by atoms with Crippen LogP contribution in [0.2, 0.25) is 0 Å². The first-order valence-electron chi connectivity index (χ1n) is 3.18. The summed E-state index contributed by atoms with van der Waals surface area (Å²) in [7, 11) is 0. The Bertz CT molecular complexity index is 299. The van der Waals surface area contributed by atoms with E-state index in [1.165, 1.54) is 0 Å². The first-order chi connectivity index (χ1) is 5.29. The number of hydrogen-bond acceptors (Lipinski definition) is 3. The van der Waals surface area contributed by atoms with Crippen LogP contribution in [0.3, 0.4) is 0 Å². The maximum atomic E-state index is 5.24. The maximum absolute atomic E-state index is 5.24. The van der Waals surface area contributed by atoms with E-state index in [1.807, 2.05) is 13.0 Å². The van der Waals surface area contributed by atoms with Crippen molar-refractivity contribution in [3.63, 3.8) is 0 Å². The Labute approximate surface area is 65.6 Å². The van der Waals surface area contributed by atoms with Crippen molar-refractivity contribution in [1.29, 1.82) is 0 Å². The Balaban J connectivity index is 3.27. The number of hydrogen-bond donors (Lipinski definition) is 2. The second-order valence-corrected chi connectivity index (χ2v) is 2.14. The van der Waals surface area contributed by atoms with Gasteiger partial charge >= 0.3 is 0 Å². The van der Waals surface area contributed by atoms with E-state index < -0.39 is 0 Å². The van der Waals surface area contributed by atoms with Gasteiger partial charge in [-0.1, -0.05) is 5.92 Å². The van der Waals surface area contributed by atoms with Crippen molar-refractivity contribution >= 4 is 5.82 Å². The highest BCUT2D eigenvalue weighted by molar-refractivity contribution is 5.55. The first kappa shape index (κ1) is 7.58. The summed E-state index contributed by atoms with van der Waals surface area (Å²) in [5.74, 6) is 8.25. The zero-order chi connectivity index (χ0) is 8.27. The van der Waals surface area contributed by atoms with Crippen molar-refractivity contribution in [3.8, 4) is 12.3 Å². The molecule has 0 radical (unpaired) electrons. The summed E-state index contributed by atoms with van der Waals surface area (Å²) in [6.45, 7) is 1.91. The van der Waals surface area contributed by atoms with Crippen LogP contribution in [0.25, 0.3) is 0 Å². The van der Waals surface area contributed by atoms with Gasteiger partial charge in [0, 0.05) is 6.20 Å². The fourth-order valence-corrected chi connectivity index (χ4v) is 0.850. The number of nitrogens with one attached hydrogen (secondary N) is 1. The molecule has 0 aliphatic rings. The smallest absolute Gasteiger partial charge is 0.156 e.